The number of aryl methyl sites for hydroxylation is 1. The third-order valence-corrected chi connectivity index (χ3v) is 7.69. The first-order valence-electron chi connectivity index (χ1n) is 5.72. The van der Waals surface area contributed by atoms with Crippen LogP contribution in [0.4, 0.5) is 0 Å². The first kappa shape index (κ1) is 14.3. The Balaban J connectivity index is 2.37. The smallest absolute Gasteiger partial charge is 0.244 e. The van der Waals surface area contributed by atoms with Gasteiger partial charge in [0.25, 0.3) is 0 Å². The Bertz CT molecular complexity index is 518. The molecule has 1 aliphatic heterocycles. The van der Waals surface area contributed by atoms with Crippen molar-refractivity contribution in [3.63, 3.8) is 0 Å². The summed E-state index contributed by atoms with van der Waals surface area (Å²) in [6, 6.07) is 0.0749. The molecule has 1 unspecified atom stereocenters. The molecule has 4 nitrogen and oxygen atoms in total. The highest BCUT2D eigenvalue weighted by Crippen LogP contribution is 2.32. The van der Waals surface area contributed by atoms with Crippen molar-refractivity contribution in [1.82, 2.24) is 4.31 Å². The summed E-state index contributed by atoms with van der Waals surface area (Å²) in [5, 5.41) is 11.1. The zero-order valence-corrected chi connectivity index (χ0v) is 12.9. The molecular weight excluding hydrogens is 290 g/mol. The third kappa shape index (κ3) is 2.46. The van der Waals surface area contributed by atoms with Crippen molar-refractivity contribution in [3.8, 4) is 0 Å². The van der Waals surface area contributed by atoms with Crippen LogP contribution in [-0.4, -0.2) is 42.4 Å². The van der Waals surface area contributed by atoms with E-state index in [0.29, 0.717) is 9.77 Å². The second-order valence-corrected chi connectivity index (χ2v) is 8.42. The van der Waals surface area contributed by atoms with E-state index in [1.165, 1.54) is 15.6 Å². The molecule has 0 amide bonds. The maximum absolute atomic E-state index is 12.6. The number of hydrogen-bond donors (Lipinski definition) is 1. The summed E-state index contributed by atoms with van der Waals surface area (Å²) in [6.07, 6.45) is 0.901. The van der Waals surface area contributed by atoms with Crippen LogP contribution >= 0.6 is 23.1 Å². The van der Waals surface area contributed by atoms with E-state index in [4.69, 9.17) is 0 Å². The van der Waals surface area contributed by atoms with E-state index in [1.54, 1.807) is 31.1 Å². The van der Waals surface area contributed by atoms with Crippen LogP contribution in [0.5, 0.6) is 0 Å². The summed E-state index contributed by atoms with van der Waals surface area (Å²) in [7, 11) is -1.84. The van der Waals surface area contributed by atoms with Crippen LogP contribution in [-0.2, 0) is 16.6 Å². The predicted molar refractivity (Wildman–Crippen MR) is 75.7 cm³/mol. The Morgan fingerprint density at radius 1 is 1.56 bits per heavy atom. The highest BCUT2D eigenvalue weighted by Gasteiger charge is 2.33. The van der Waals surface area contributed by atoms with Crippen LogP contribution in [0.2, 0.25) is 0 Å². The van der Waals surface area contributed by atoms with Gasteiger partial charge in [-0.05, 0) is 30.0 Å². The van der Waals surface area contributed by atoms with E-state index in [0.717, 1.165) is 23.5 Å². The molecule has 0 radical (unpaired) electrons. The minimum atomic E-state index is -3.48. The van der Waals surface area contributed by atoms with Crippen LogP contribution in [0, 0.1) is 6.92 Å². The molecule has 0 bridgehead atoms. The number of rotatable bonds is 4. The van der Waals surface area contributed by atoms with Gasteiger partial charge in [0.2, 0.25) is 10.0 Å². The Hall–Kier alpha value is -0.0800. The molecular formula is C11H17NO3S3. The summed E-state index contributed by atoms with van der Waals surface area (Å²) >= 11 is 3.09. The fourth-order valence-corrected chi connectivity index (χ4v) is 6.45. The fraction of sp³-hybridized carbons (Fsp3) is 0.636. The van der Waals surface area contributed by atoms with Crippen molar-refractivity contribution < 1.29 is 13.5 Å². The number of aliphatic hydroxyl groups is 1. The van der Waals surface area contributed by atoms with Gasteiger partial charge in [-0.3, -0.25) is 0 Å². The van der Waals surface area contributed by atoms with Gasteiger partial charge < -0.3 is 5.11 Å². The van der Waals surface area contributed by atoms with Crippen molar-refractivity contribution >= 4 is 33.1 Å². The Kier molecular flexibility index (Phi) is 4.38. The lowest BCUT2D eigenvalue weighted by Gasteiger charge is -2.23. The number of thioether (sulfide) groups is 1. The first-order valence-corrected chi connectivity index (χ1v) is 9.19. The second-order valence-electron chi connectivity index (χ2n) is 4.37. The van der Waals surface area contributed by atoms with Crippen LogP contribution < -0.4 is 0 Å². The molecule has 0 aromatic carbocycles. The Morgan fingerprint density at radius 3 is 2.83 bits per heavy atom. The second kappa shape index (κ2) is 5.50. The van der Waals surface area contributed by atoms with Crippen LogP contribution in [0.15, 0.2) is 10.3 Å². The largest absolute Gasteiger partial charge is 0.391 e. The maximum atomic E-state index is 12.6. The Labute approximate surface area is 116 Å². The molecule has 1 aromatic rings. The molecule has 1 saturated heterocycles. The topological polar surface area (TPSA) is 57.6 Å². The normalized spacial score (nSPS) is 20.8. The van der Waals surface area contributed by atoms with Gasteiger partial charge in [0.15, 0.2) is 0 Å². The summed E-state index contributed by atoms with van der Waals surface area (Å²) < 4.78 is 26.7. The number of hydrogen-bond acceptors (Lipinski definition) is 5. The molecule has 1 fully saturated rings. The summed E-state index contributed by atoms with van der Waals surface area (Å²) in [4.78, 5) is 0.833. The van der Waals surface area contributed by atoms with Crippen molar-refractivity contribution in [1.29, 1.82) is 0 Å². The van der Waals surface area contributed by atoms with Crippen molar-refractivity contribution in [3.05, 3.63) is 15.8 Å². The van der Waals surface area contributed by atoms with E-state index >= 15 is 0 Å². The highest BCUT2D eigenvalue weighted by atomic mass is 32.2. The van der Waals surface area contributed by atoms with E-state index in [2.05, 4.69) is 0 Å². The standard InChI is InChI=1S/C11H17NO3S3/c1-8-6-17-10(5-13)11(8)18(14,15)12(2)9-3-4-16-7-9/h6,9,13H,3-5,7H2,1-2H3. The maximum Gasteiger partial charge on any atom is 0.244 e. The van der Waals surface area contributed by atoms with Gasteiger partial charge in [0.1, 0.15) is 4.90 Å². The minimum Gasteiger partial charge on any atom is -0.391 e. The molecule has 102 valence electrons. The molecule has 2 heterocycles. The molecule has 1 aromatic heterocycles. The molecule has 7 heteroatoms. The van der Waals surface area contributed by atoms with Gasteiger partial charge in [0.05, 0.1) is 11.5 Å². The van der Waals surface area contributed by atoms with E-state index in [-0.39, 0.29) is 12.6 Å². The lowest BCUT2D eigenvalue weighted by atomic mass is 10.3. The van der Waals surface area contributed by atoms with Crippen molar-refractivity contribution in [2.45, 2.75) is 30.9 Å². The molecule has 1 N–H and O–H groups in total. The highest BCUT2D eigenvalue weighted by molar-refractivity contribution is 7.99. The molecule has 18 heavy (non-hydrogen) atoms. The molecule has 1 aliphatic rings. The lowest BCUT2D eigenvalue weighted by Crippen LogP contribution is -2.37. The van der Waals surface area contributed by atoms with Gasteiger partial charge in [-0.1, -0.05) is 0 Å². The Morgan fingerprint density at radius 2 is 2.28 bits per heavy atom. The summed E-state index contributed by atoms with van der Waals surface area (Å²) in [6.45, 7) is 1.56. The van der Waals surface area contributed by atoms with E-state index in [1.807, 2.05) is 0 Å². The zero-order chi connectivity index (χ0) is 13.3. The van der Waals surface area contributed by atoms with Crippen LogP contribution in [0.25, 0.3) is 0 Å². The third-order valence-electron chi connectivity index (χ3n) is 3.19. The van der Waals surface area contributed by atoms with Gasteiger partial charge in [0, 0.05) is 18.8 Å². The quantitative estimate of drug-likeness (QED) is 0.919. The van der Waals surface area contributed by atoms with Crippen molar-refractivity contribution in [2.75, 3.05) is 18.6 Å². The number of sulfonamides is 1. The number of thiophene rings is 1. The number of aliphatic hydroxyl groups excluding tert-OH is 1. The molecule has 1 atom stereocenters. The minimum absolute atomic E-state index is 0.0749. The number of nitrogens with zero attached hydrogens (tertiary/aromatic N) is 1. The van der Waals surface area contributed by atoms with Crippen molar-refractivity contribution in [2.24, 2.45) is 0 Å². The molecule has 2 rings (SSSR count). The lowest BCUT2D eigenvalue weighted by molar-refractivity contribution is 0.282. The predicted octanol–water partition coefficient (Wildman–Crippen LogP) is 1.67. The van der Waals surface area contributed by atoms with Gasteiger partial charge in [-0.2, -0.15) is 16.1 Å². The SMILES string of the molecule is Cc1csc(CO)c1S(=O)(=O)N(C)C1CCSC1. The zero-order valence-electron chi connectivity index (χ0n) is 10.4. The monoisotopic (exact) mass is 307 g/mol. The average Bonchev–Trinajstić information content (AvgIpc) is 2.96. The molecule has 0 saturated carbocycles. The van der Waals surface area contributed by atoms with Gasteiger partial charge in [-0.15, -0.1) is 11.3 Å². The van der Waals surface area contributed by atoms with Gasteiger partial charge >= 0.3 is 0 Å². The van der Waals surface area contributed by atoms with Crippen LogP contribution in [0.1, 0.15) is 16.9 Å². The molecule has 0 spiro atoms. The van der Waals surface area contributed by atoms with Gasteiger partial charge in [-0.25, -0.2) is 8.42 Å². The average molecular weight is 307 g/mol. The molecule has 0 aliphatic carbocycles. The van der Waals surface area contributed by atoms with E-state index < -0.39 is 10.0 Å². The van der Waals surface area contributed by atoms with Crippen LogP contribution in [0.3, 0.4) is 0 Å². The van der Waals surface area contributed by atoms with E-state index in [9.17, 15) is 13.5 Å². The summed E-state index contributed by atoms with van der Waals surface area (Å²) in [5.41, 5.74) is 0.724. The summed E-state index contributed by atoms with van der Waals surface area (Å²) in [5.74, 6) is 1.87. The fourth-order valence-electron chi connectivity index (χ4n) is 2.09. The first-order chi connectivity index (χ1) is 8.48.